The van der Waals surface area contributed by atoms with Gasteiger partial charge in [-0.25, -0.2) is 8.42 Å². The highest BCUT2D eigenvalue weighted by molar-refractivity contribution is 7.89. The maximum atomic E-state index is 12.6. The van der Waals surface area contributed by atoms with E-state index in [-0.39, 0.29) is 16.2 Å². The Balaban J connectivity index is 1.60. The molecule has 0 unspecified atom stereocenters. The molecule has 1 heterocycles. The smallest absolute Gasteiger partial charge is 0.246 e. The molecule has 2 aromatic carbocycles. The summed E-state index contributed by atoms with van der Waals surface area (Å²) in [5, 5.41) is 6.03. The molecule has 1 aliphatic rings. The first-order chi connectivity index (χ1) is 14.1. The van der Waals surface area contributed by atoms with E-state index in [0.29, 0.717) is 18.8 Å². The lowest BCUT2D eigenvalue weighted by atomic mass is 9.87. The Morgan fingerprint density at radius 1 is 0.933 bits per heavy atom. The zero-order valence-corrected chi connectivity index (χ0v) is 18.9. The molecule has 0 bridgehead atoms. The molecule has 0 aromatic heterocycles. The molecular weight excluding hydrogens is 398 g/mol. The van der Waals surface area contributed by atoms with Gasteiger partial charge >= 0.3 is 0 Å². The highest BCUT2D eigenvalue weighted by atomic mass is 32.2. The van der Waals surface area contributed by atoms with Crippen LogP contribution in [0, 0.1) is 0 Å². The van der Waals surface area contributed by atoms with Crippen molar-refractivity contribution in [3.63, 3.8) is 0 Å². The number of sulfonamides is 1. The summed E-state index contributed by atoms with van der Waals surface area (Å²) in [4.78, 5) is 12.8. The fraction of sp³-hybridized carbons (Fsp3) is 0.435. The van der Waals surface area contributed by atoms with Gasteiger partial charge in [0.25, 0.3) is 0 Å². The van der Waals surface area contributed by atoms with Crippen molar-refractivity contribution in [3.8, 4) is 0 Å². The number of rotatable bonds is 6. The maximum absolute atomic E-state index is 12.6. The molecule has 2 aromatic rings. The first kappa shape index (κ1) is 22.3. The van der Waals surface area contributed by atoms with E-state index >= 15 is 0 Å². The molecule has 0 aliphatic carbocycles. The zero-order valence-electron chi connectivity index (χ0n) is 18.1. The molecule has 7 heteroatoms. The summed E-state index contributed by atoms with van der Waals surface area (Å²) in [6, 6.07) is 14.0. The van der Waals surface area contributed by atoms with Crippen LogP contribution in [0.3, 0.4) is 0 Å². The predicted molar refractivity (Wildman–Crippen MR) is 121 cm³/mol. The summed E-state index contributed by atoms with van der Waals surface area (Å²) in [7, 11) is -3.45. The lowest BCUT2D eigenvalue weighted by molar-refractivity contribution is -0.116. The van der Waals surface area contributed by atoms with Crippen LogP contribution in [0.2, 0.25) is 0 Å². The lowest BCUT2D eigenvalue weighted by Crippen LogP contribution is -2.32. The molecule has 30 heavy (non-hydrogen) atoms. The average Bonchev–Trinajstić information content (AvgIpc) is 3.24. The Hall–Kier alpha value is -2.38. The van der Waals surface area contributed by atoms with Gasteiger partial charge in [0.15, 0.2) is 0 Å². The van der Waals surface area contributed by atoms with E-state index in [9.17, 15) is 13.2 Å². The molecule has 1 atom stereocenters. The van der Waals surface area contributed by atoms with Crippen LogP contribution in [0.4, 0.5) is 11.4 Å². The summed E-state index contributed by atoms with van der Waals surface area (Å²) in [6.07, 6.45) is 1.80. The van der Waals surface area contributed by atoms with Crippen molar-refractivity contribution in [1.29, 1.82) is 0 Å². The second kappa shape index (κ2) is 8.78. The Morgan fingerprint density at radius 2 is 1.47 bits per heavy atom. The number of hydrogen-bond acceptors (Lipinski definition) is 4. The fourth-order valence-corrected chi connectivity index (χ4v) is 4.94. The zero-order chi connectivity index (χ0) is 21.9. The van der Waals surface area contributed by atoms with E-state index in [4.69, 9.17) is 0 Å². The van der Waals surface area contributed by atoms with Crippen molar-refractivity contribution in [2.24, 2.45) is 0 Å². The molecule has 1 aliphatic heterocycles. The second-order valence-corrected chi connectivity index (χ2v) is 10.8. The van der Waals surface area contributed by atoms with Crippen LogP contribution < -0.4 is 10.6 Å². The van der Waals surface area contributed by atoms with Crippen LogP contribution in [0.5, 0.6) is 0 Å². The summed E-state index contributed by atoms with van der Waals surface area (Å²) in [5.74, 6) is -0.190. The molecule has 162 valence electrons. The third kappa shape index (κ3) is 5.21. The first-order valence-corrected chi connectivity index (χ1v) is 11.8. The van der Waals surface area contributed by atoms with Crippen molar-refractivity contribution in [3.05, 3.63) is 54.1 Å². The second-order valence-electron chi connectivity index (χ2n) is 8.82. The van der Waals surface area contributed by atoms with Gasteiger partial charge in [-0.2, -0.15) is 4.31 Å². The lowest BCUT2D eigenvalue weighted by Gasteiger charge is -2.20. The fourth-order valence-electron chi connectivity index (χ4n) is 3.42. The summed E-state index contributed by atoms with van der Waals surface area (Å²) >= 11 is 0. The van der Waals surface area contributed by atoms with E-state index in [1.165, 1.54) is 9.87 Å². The normalized spacial score (nSPS) is 16.3. The van der Waals surface area contributed by atoms with E-state index < -0.39 is 16.1 Å². The van der Waals surface area contributed by atoms with Crippen LogP contribution >= 0.6 is 0 Å². The van der Waals surface area contributed by atoms with E-state index in [0.717, 1.165) is 18.5 Å². The summed E-state index contributed by atoms with van der Waals surface area (Å²) < 4.78 is 26.7. The standard InChI is InChI=1S/C23H31N3O3S/c1-17(24-19-9-7-18(8-10-19)23(2,3)4)22(27)25-20-11-13-21(14-12-20)30(28,29)26-15-5-6-16-26/h7-14,17,24H,5-6,15-16H2,1-4H3,(H,25,27)/t17-/m1/s1. The average molecular weight is 430 g/mol. The quantitative estimate of drug-likeness (QED) is 0.721. The largest absolute Gasteiger partial charge is 0.374 e. The number of carbonyl (C=O) groups excluding carboxylic acids is 1. The van der Waals surface area contributed by atoms with Crippen molar-refractivity contribution >= 4 is 27.3 Å². The minimum Gasteiger partial charge on any atom is -0.374 e. The molecule has 3 rings (SSSR count). The minimum absolute atomic E-state index is 0.0793. The van der Waals surface area contributed by atoms with Crippen LogP contribution in [0.25, 0.3) is 0 Å². The van der Waals surface area contributed by atoms with Gasteiger partial charge < -0.3 is 10.6 Å². The van der Waals surface area contributed by atoms with Crippen LogP contribution in [-0.2, 0) is 20.2 Å². The topological polar surface area (TPSA) is 78.5 Å². The number of hydrogen-bond donors (Lipinski definition) is 2. The number of nitrogens with zero attached hydrogens (tertiary/aromatic N) is 1. The molecule has 0 spiro atoms. The number of anilines is 2. The molecule has 1 amide bonds. The Morgan fingerprint density at radius 3 is 2.00 bits per heavy atom. The molecule has 1 fully saturated rings. The third-order valence-electron chi connectivity index (χ3n) is 5.35. The van der Waals surface area contributed by atoms with Gasteiger partial charge in [-0.3, -0.25) is 4.79 Å². The van der Waals surface area contributed by atoms with Crippen LogP contribution in [0.1, 0.15) is 46.1 Å². The first-order valence-electron chi connectivity index (χ1n) is 10.4. The number of carbonyl (C=O) groups is 1. The van der Waals surface area contributed by atoms with Gasteiger partial charge in [-0.1, -0.05) is 32.9 Å². The third-order valence-corrected chi connectivity index (χ3v) is 7.26. The van der Waals surface area contributed by atoms with Crippen LogP contribution in [-0.4, -0.2) is 37.8 Å². The Labute approximate surface area is 179 Å². The summed E-state index contributed by atoms with van der Waals surface area (Å²) in [6.45, 7) is 9.41. The maximum Gasteiger partial charge on any atom is 0.246 e. The van der Waals surface area contributed by atoms with Gasteiger partial charge in [-0.05, 0) is 67.1 Å². The SMILES string of the molecule is C[C@@H](Nc1ccc(C(C)(C)C)cc1)C(=O)Nc1ccc(S(=O)(=O)N2CCCC2)cc1. The Kier molecular flexibility index (Phi) is 6.53. The molecule has 0 saturated carbocycles. The predicted octanol–water partition coefficient (Wildman–Crippen LogP) is 4.21. The van der Waals surface area contributed by atoms with E-state index in [1.807, 2.05) is 12.1 Å². The monoisotopic (exact) mass is 429 g/mol. The molecule has 6 nitrogen and oxygen atoms in total. The molecule has 0 radical (unpaired) electrons. The van der Waals surface area contributed by atoms with Gasteiger partial charge in [0.1, 0.15) is 6.04 Å². The number of nitrogens with one attached hydrogen (secondary N) is 2. The highest BCUT2D eigenvalue weighted by Gasteiger charge is 2.27. The van der Waals surface area contributed by atoms with Crippen molar-refractivity contribution < 1.29 is 13.2 Å². The molecular formula is C23H31N3O3S. The van der Waals surface area contributed by atoms with E-state index in [2.05, 4.69) is 43.5 Å². The summed E-state index contributed by atoms with van der Waals surface area (Å²) in [5.41, 5.74) is 2.75. The van der Waals surface area contributed by atoms with Crippen LogP contribution in [0.15, 0.2) is 53.4 Å². The number of benzene rings is 2. The van der Waals surface area contributed by atoms with Crippen molar-refractivity contribution in [2.45, 2.75) is 56.9 Å². The van der Waals surface area contributed by atoms with Crippen molar-refractivity contribution in [1.82, 2.24) is 4.31 Å². The van der Waals surface area contributed by atoms with Gasteiger partial charge in [0, 0.05) is 24.5 Å². The van der Waals surface area contributed by atoms with Gasteiger partial charge in [0.2, 0.25) is 15.9 Å². The van der Waals surface area contributed by atoms with Gasteiger partial charge in [-0.15, -0.1) is 0 Å². The highest BCUT2D eigenvalue weighted by Crippen LogP contribution is 2.24. The molecule has 2 N–H and O–H groups in total. The van der Waals surface area contributed by atoms with E-state index in [1.54, 1.807) is 31.2 Å². The minimum atomic E-state index is -3.45. The van der Waals surface area contributed by atoms with Crippen molar-refractivity contribution in [2.75, 3.05) is 23.7 Å². The van der Waals surface area contributed by atoms with Gasteiger partial charge in [0.05, 0.1) is 4.90 Å². The molecule has 1 saturated heterocycles. The Bertz CT molecular complexity index is 972. The number of amides is 1.